The van der Waals surface area contributed by atoms with Gasteiger partial charge >= 0.3 is 6.03 Å². The van der Waals surface area contributed by atoms with Gasteiger partial charge in [0, 0.05) is 12.1 Å². The fourth-order valence-electron chi connectivity index (χ4n) is 1.84. The maximum atomic E-state index is 11.3. The van der Waals surface area contributed by atoms with E-state index in [1.165, 1.54) is 4.90 Å². The minimum absolute atomic E-state index is 0.198. The summed E-state index contributed by atoms with van der Waals surface area (Å²) >= 11 is 0. The molecule has 14 heavy (non-hydrogen) atoms. The SMILES string of the molecule is NC(=O)C1=C[C@@H](CO)N2C[C@@H]1NC2=O. The number of nitrogens with one attached hydrogen (secondary N) is 1. The van der Waals surface area contributed by atoms with Crippen molar-refractivity contribution in [2.45, 2.75) is 12.1 Å². The number of rotatable bonds is 2. The Morgan fingerprint density at radius 2 is 2.50 bits per heavy atom. The van der Waals surface area contributed by atoms with Crippen LogP contribution in [0.15, 0.2) is 11.6 Å². The summed E-state index contributed by atoms with van der Waals surface area (Å²) in [6, 6.07) is -1.01. The second kappa shape index (κ2) is 2.98. The molecule has 3 amide bonds. The van der Waals surface area contributed by atoms with E-state index in [1.807, 2.05) is 0 Å². The van der Waals surface area contributed by atoms with Gasteiger partial charge in [-0.25, -0.2) is 4.79 Å². The predicted octanol–water partition coefficient (Wildman–Crippen LogP) is -1.83. The summed E-state index contributed by atoms with van der Waals surface area (Å²) in [5.74, 6) is -0.546. The van der Waals surface area contributed by atoms with E-state index in [4.69, 9.17) is 10.8 Å². The van der Waals surface area contributed by atoms with Crippen LogP contribution >= 0.6 is 0 Å². The van der Waals surface area contributed by atoms with Gasteiger partial charge in [0.05, 0.1) is 18.7 Å². The average molecular weight is 197 g/mol. The molecule has 0 saturated carbocycles. The molecule has 0 radical (unpaired) electrons. The fraction of sp³-hybridized carbons (Fsp3) is 0.500. The topological polar surface area (TPSA) is 95.7 Å². The van der Waals surface area contributed by atoms with Gasteiger partial charge in [0.25, 0.3) is 0 Å². The van der Waals surface area contributed by atoms with Crippen molar-refractivity contribution in [1.82, 2.24) is 10.2 Å². The van der Waals surface area contributed by atoms with Crippen molar-refractivity contribution in [3.05, 3.63) is 11.6 Å². The van der Waals surface area contributed by atoms with Crippen LogP contribution in [0.1, 0.15) is 0 Å². The predicted molar refractivity (Wildman–Crippen MR) is 47.2 cm³/mol. The lowest BCUT2D eigenvalue weighted by molar-refractivity contribution is -0.115. The standard InChI is InChI=1S/C8H11N3O3/c9-7(13)5-1-4(3-12)11-2-6(5)10-8(11)14/h1,4,6,12H,2-3H2,(H2,9,13)(H,10,14)/t4-,6-/m0/s1. The molecule has 6 nitrogen and oxygen atoms in total. The molecule has 1 fully saturated rings. The van der Waals surface area contributed by atoms with Crippen LogP contribution in [0.5, 0.6) is 0 Å². The molecule has 2 heterocycles. The zero-order valence-corrected chi connectivity index (χ0v) is 7.43. The number of nitrogens with zero attached hydrogens (tertiary/aromatic N) is 1. The number of hydrogen-bond donors (Lipinski definition) is 3. The van der Waals surface area contributed by atoms with Gasteiger partial charge in [0.15, 0.2) is 0 Å². The lowest BCUT2D eigenvalue weighted by Gasteiger charge is -2.26. The lowest BCUT2D eigenvalue weighted by Crippen LogP contribution is -2.42. The van der Waals surface area contributed by atoms with E-state index >= 15 is 0 Å². The first-order chi connectivity index (χ1) is 6.63. The van der Waals surface area contributed by atoms with Crippen LogP contribution in [0, 0.1) is 0 Å². The van der Waals surface area contributed by atoms with Gasteiger partial charge in [-0.05, 0) is 6.08 Å². The Morgan fingerprint density at radius 1 is 1.79 bits per heavy atom. The van der Waals surface area contributed by atoms with Crippen LogP contribution in [0.3, 0.4) is 0 Å². The molecule has 0 spiro atoms. The van der Waals surface area contributed by atoms with Crippen molar-refractivity contribution in [2.24, 2.45) is 5.73 Å². The molecular formula is C8H11N3O3. The van der Waals surface area contributed by atoms with Crippen molar-refractivity contribution >= 4 is 11.9 Å². The number of nitrogens with two attached hydrogens (primary N) is 1. The smallest absolute Gasteiger partial charge is 0.318 e. The second-order valence-corrected chi connectivity index (χ2v) is 3.39. The first-order valence-electron chi connectivity index (χ1n) is 4.33. The summed E-state index contributed by atoms with van der Waals surface area (Å²) in [5.41, 5.74) is 5.54. The molecule has 0 aromatic carbocycles. The molecule has 2 aliphatic heterocycles. The summed E-state index contributed by atoms with van der Waals surface area (Å²) in [4.78, 5) is 23.8. The van der Waals surface area contributed by atoms with Crippen LogP contribution in [0.25, 0.3) is 0 Å². The van der Waals surface area contributed by atoms with Crippen molar-refractivity contribution in [3.8, 4) is 0 Å². The number of aliphatic hydroxyl groups is 1. The fourth-order valence-corrected chi connectivity index (χ4v) is 1.84. The molecule has 0 aliphatic carbocycles. The van der Waals surface area contributed by atoms with Crippen molar-refractivity contribution in [3.63, 3.8) is 0 Å². The van der Waals surface area contributed by atoms with Crippen LogP contribution < -0.4 is 11.1 Å². The first kappa shape index (κ1) is 9.01. The largest absolute Gasteiger partial charge is 0.394 e. The molecule has 76 valence electrons. The van der Waals surface area contributed by atoms with Gasteiger partial charge in [0.2, 0.25) is 5.91 Å². The van der Waals surface area contributed by atoms with Crippen LogP contribution in [-0.4, -0.2) is 47.2 Å². The van der Waals surface area contributed by atoms with E-state index in [2.05, 4.69) is 5.32 Å². The summed E-state index contributed by atoms with van der Waals surface area (Å²) in [5, 5.41) is 11.6. The third kappa shape index (κ3) is 1.15. The van der Waals surface area contributed by atoms with Crippen molar-refractivity contribution in [2.75, 3.05) is 13.2 Å². The second-order valence-electron chi connectivity index (χ2n) is 3.39. The van der Waals surface area contributed by atoms with E-state index < -0.39 is 11.9 Å². The number of carbonyl (C=O) groups is 2. The zero-order chi connectivity index (χ0) is 10.3. The van der Waals surface area contributed by atoms with E-state index in [-0.39, 0.29) is 18.7 Å². The molecule has 1 saturated heterocycles. The number of hydrogen-bond acceptors (Lipinski definition) is 3. The Kier molecular flexibility index (Phi) is 1.92. The Bertz CT molecular complexity index is 326. The van der Waals surface area contributed by atoms with Gasteiger partial charge in [-0.2, -0.15) is 0 Å². The molecule has 2 rings (SSSR count). The third-order valence-electron chi connectivity index (χ3n) is 2.56. The summed E-state index contributed by atoms with van der Waals surface area (Å²) in [6.45, 7) is 0.204. The van der Waals surface area contributed by atoms with Gasteiger partial charge in [0.1, 0.15) is 0 Å². The monoisotopic (exact) mass is 197 g/mol. The van der Waals surface area contributed by atoms with Crippen LogP contribution in [0.4, 0.5) is 4.79 Å². The number of aliphatic hydroxyl groups excluding tert-OH is 1. The molecule has 0 unspecified atom stereocenters. The van der Waals surface area contributed by atoms with Crippen LogP contribution in [-0.2, 0) is 4.79 Å². The molecular weight excluding hydrogens is 186 g/mol. The molecule has 6 heteroatoms. The molecule has 0 aromatic heterocycles. The molecule has 0 aromatic rings. The highest BCUT2D eigenvalue weighted by atomic mass is 16.3. The first-order valence-corrected chi connectivity index (χ1v) is 4.33. The minimum Gasteiger partial charge on any atom is -0.394 e. The maximum absolute atomic E-state index is 11.3. The molecule has 2 bridgehead atoms. The molecule has 2 aliphatic rings. The third-order valence-corrected chi connectivity index (χ3v) is 2.56. The zero-order valence-electron chi connectivity index (χ0n) is 7.43. The van der Waals surface area contributed by atoms with Crippen molar-refractivity contribution < 1.29 is 14.7 Å². The number of carbonyl (C=O) groups excluding carboxylic acids is 2. The van der Waals surface area contributed by atoms with Gasteiger partial charge in [-0.15, -0.1) is 0 Å². The van der Waals surface area contributed by atoms with Crippen molar-refractivity contribution in [1.29, 1.82) is 0 Å². The van der Waals surface area contributed by atoms with Crippen LogP contribution in [0.2, 0.25) is 0 Å². The van der Waals surface area contributed by atoms with Gasteiger partial charge in [-0.3, -0.25) is 4.79 Å². The number of fused-ring (bicyclic) bond motifs is 2. The van der Waals surface area contributed by atoms with Gasteiger partial charge in [-0.1, -0.05) is 0 Å². The van der Waals surface area contributed by atoms with Gasteiger partial charge < -0.3 is 21.1 Å². The van der Waals surface area contributed by atoms with E-state index in [0.717, 1.165) is 0 Å². The number of amides is 3. The Labute approximate surface area is 80.4 Å². The van der Waals surface area contributed by atoms with E-state index in [1.54, 1.807) is 6.08 Å². The number of primary amides is 1. The summed E-state index contributed by atoms with van der Waals surface area (Å²) in [7, 11) is 0. The van der Waals surface area contributed by atoms with E-state index in [9.17, 15) is 9.59 Å². The summed E-state index contributed by atoms with van der Waals surface area (Å²) in [6.07, 6.45) is 1.55. The highest BCUT2D eigenvalue weighted by Crippen LogP contribution is 2.22. The average Bonchev–Trinajstić information content (AvgIpc) is 2.45. The lowest BCUT2D eigenvalue weighted by atomic mass is 10.00. The Hall–Kier alpha value is -1.56. The van der Waals surface area contributed by atoms with E-state index in [0.29, 0.717) is 12.1 Å². The molecule has 2 atom stereocenters. The Morgan fingerprint density at radius 3 is 3.07 bits per heavy atom. The molecule has 4 N–H and O–H groups in total. The quantitative estimate of drug-likeness (QED) is 0.485. The Balaban J connectivity index is 2.33. The summed E-state index contributed by atoms with van der Waals surface area (Å²) < 4.78 is 0. The number of urea groups is 1. The maximum Gasteiger partial charge on any atom is 0.318 e. The highest BCUT2D eigenvalue weighted by molar-refractivity contribution is 5.96. The minimum atomic E-state index is -0.546. The highest BCUT2D eigenvalue weighted by Gasteiger charge is 2.40. The normalized spacial score (nSPS) is 29.9.